The van der Waals surface area contributed by atoms with Crippen LogP contribution in [0, 0.1) is 13.8 Å². The molecule has 2 rings (SSSR count). The van der Waals surface area contributed by atoms with Crippen LogP contribution in [0.4, 0.5) is 0 Å². The number of aryl methyl sites for hydroxylation is 2. The summed E-state index contributed by atoms with van der Waals surface area (Å²) in [5, 5.41) is 2.83. The first-order valence-corrected chi connectivity index (χ1v) is 6.98. The molecule has 0 radical (unpaired) electrons. The fraction of sp³-hybridized carbons (Fsp3) is 0.294. The zero-order valence-electron chi connectivity index (χ0n) is 12.6. The summed E-state index contributed by atoms with van der Waals surface area (Å²) in [6, 6.07) is 13.4. The van der Waals surface area contributed by atoms with Gasteiger partial charge in [0.25, 0.3) is 5.91 Å². The van der Waals surface area contributed by atoms with Crippen LogP contribution >= 0.6 is 0 Å². The molecule has 1 aromatic heterocycles. The number of ether oxygens (including phenoxy) is 1. The fourth-order valence-electron chi connectivity index (χ4n) is 1.97. The van der Waals surface area contributed by atoms with E-state index in [-0.39, 0.29) is 5.91 Å². The number of hydrogen-bond acceptors (Lipinski definition) is 3. The molecule has 0 aliphatic heterocycles. The van der Waals surface area contributed by atoms with Crippen molar-refractivity contribution in [2.24, 2.45) is 0 Å². The topological polar surface area (TPSA) is 51.2 Å². The monoisotopic (exact) mass is 284 g/mol. The van der Waals surface area contributed by atoms with Crippen LogP contribution in [-0.4, -0.2) is 17.0 Å². The van der Waals surface area contributed by atoms with Crippen molar-refractivity contribution in [1.29, 1.82) is 0 Å². The molecule has 1 heterocycles. The molecule has 21 heavy (non-hydrogen) atoms. The minimum Gasteiger partial charge on any atom is -0.481 e. The van der Waals surface area contributed by atoms with Gasteiger partial charge in [-0.15, -0.1) is 0 Å². The molecule has 1 N–H and O–H groups in total. The summed E-state index contributed by atoms with van der Waals surface area (Å²) < 4.78 is 5.64. The maximum Gasteiger partial charge on any atom is 0.261 e. The second kappa shape index (κ2) is 6.88. The number of benzene rings is 1. The molecule has 1 atom stereocenters. The summed E-state index contributed by atoms with van der Waals surface area (Å²) >= 11 is 0. The van der Waals surface area contributed by atoms with Crippen molar-refractivity contribution < 1.29 is 9.53 Å². The number of carbonyl (C=O) groups excluding carboxylic acids is 1. The van der Waals surface area contributed by atoms with Crippen molar-refractivity contribution in [1.82, 2.24) is 10.3 Å². The Morgan fingerprint density at radius 3 is 2.71 bits per heavy atom. The second-order valence-electron chi connectivity index (χ2n) is 5.06. The van der Waals surface area contributed by atoms with Crippen LogP contribution in [0.1, 0.15) is 23.9 Å². The summed E-state index contributed by atoms with van der Waals surface area (Å²) in [7, 11) is 0. The summed E-state index contributed by atoms with van der Waals surface area (Å²) in [5.74, 6) is 0.547. The summed E-state index contributed by atoms with van der Waals surface area (Å²) in [4.78, 5) is 16.4. The van der Waals surface area contributed by atoms with E-state index in [0.29, 0.717) is 12.3 Å². The molecular weight excluding hydrogens is 264 g/mol. The van der Waals surface area contributed by atoms with Crippen LogP contribution < -0.4 is 10.1 Å². The fourth-order valence-corrected chi connectivity index (χ4v) is 1.97. The summed E-state index contributed by atoms with van der Waals surface area (Å²) in [5.41, 5.74) is 2.88. The average Bonchev–Trinajstić information content (AvgIpc) is 2.45. The average molecular weight is 284 g/mol. The minimum absolute atomic E-state index is 0.153. The lowest BCUT2D eigenvalue weighted by atomic mass is 10.2. The highest BCUT2D eigenvalue weighted by Gasteiger charge is 2.14. The molecule has 0 aliphatic rings. The van der Waals surface area contributed by atoms with Gasteiger partial charge in [-0.1, -0.05) is 18.2 Å². The van der Waals surface area contributed by atoms with Gasteiger partial charge in [-0.2, -0.15) is 0 Å². The van der Waals surface area contributed by atoms with E-state index in [4.69, 9.17) is 4.74 Å². The van der Waals surface area contributed by atoms with E-state index in [1.54, 1.807) is 6.92 Å². The highest BCUT2D eigenvalue weighted by molar-refractivity contribution is 5.80. The Kier molecular flexibility index (Phi) is 4.93. The normalized spacial score (nSPS) is 11.8. The molecule has 4 nitrogen and oxygen atoms in total. The van der Waals surface area contributed by atoms with E-state index < -0.39 is 6.10 Å². The Morgan fingerprint density at radius 1 is 1.24 bits per heavy atom. The van der Waals surface area contributed by atoms with Crippen LogP contribution in [0.3, 0.4) is 0 Å². The van der Waals surface area contributed by atoms with Gasteiger partial charge in [-0.25, -0.2) is 0 Å². The molecular formula is C17H20N2O2. The van der Waals surface area contributed by atoms with Gasteiger partial charge in [0.1, 0.15) is 5.75 Å². The Labute approximate surface area is 125 Å². The predicted octanol–water partition coefficient (Wildman–Crippen LogP) is 2.78. The smallest absolute Gasteiger partial charge is 0.261 e. The second-order valence-corrected chi connectivity index (χ2v) is 5.06. The van der Waals surface area contributed by atoms with Gasteiger partial charge in [-0.3, -0.25) is 9.78 Å². The standard InChI is InChI=1S/C17H20N2O2/c1-12-6-4-9-16(10-12)21-14(3)17(20)18-11-15-8-5-7-13(2)19-15/h4-10,14H,11H2,1-3H3,(H,18,20). The number of nitrogens with one attached hydrogen (secondary N) is 1. The minimum atomic E-state index is -0.545. The van der Waals surface area contributed by atoms with Gasteiger partial charge in [-0.05, 0) is 50.6 Å². The van der Waals surface area contributed by atoms with Crippen molar-refractivity contribution in [2.45, 2.75) is 33.4 Å². The van der Waals surface area contributed by atoms with Gasteiger partial charge in [0.15, 0.2) is 6.10 Å². The quantitative estimate of drug-likeness (QED) is 0.918. The zero-order valence-corrected chi connectivity index (χ0v) is 12.6. The zero-order chi connectivity index (χ0) is 15.2. The molecule has 2 aromatic rings. The molecule has 0 bridgehead atoms. The first kappa shape index (κ1) is 15.0. The molecule has 1 amide bonds. The number of nitrogens with zero attached hydrogens (tertiary/aromatic N) is 1. The molecule has 1 aromatic carbocycles. The lowest BCUT2D eigenvalue weighted by molar-refractivity contribution is -0.127. The first-order valence-electron chi connectivity index (χ1n) is 6.98. The number of pyridine rings is 1. The number of hydrogen-bond donors (Lipinski definition) is 1. The number of rotatable bonds is 5. The van der Waals surface area contributed by atoms with Crippen molar-refractivity contribution >= 4 is 5.91 Å². The van der Waals surface area contributed by atoms with E-state index in [9.17, 15) is 4.79 Å². The van der Waals surface area contributed by atoms with Gasteiger partial charge in [0.2, 0.25) is 0 Å². The Hall–Kier alpha value is -2.36. The highest BCUT2D eigenvalue weighted by Crippen LogP contribution is 2.14. The van der Waals surface area contributed by atoms with Gasteiger partial charge in [0.05, 0.1) is 12.2 Å². The lowest BCUT2D eigenvalue weighted by Gasteiger charge is -2.15. The Bertz CT molecular complexity index is 626. The molecule has 0 aliphatic carbocycles. The van der Waals surface area contributed by atoms with Crippen LogP contribution in [0.25, 0.3) is 0 Å². The largest absolute Gasteiger partial charge is 0.481 e. The lowest BCUT2D eigenvalue weighted by Crippen LogP contribution is -2.36. The molecule has 4 heteroatoms. The van der Waals surface area contributed by atoms with Crippen molar-refractivity contribution in [3.05, 3.63) is 59.4 Å². The molecule has 110 valence electrons. The maximum absolute atomic E-state index is 12.0. The van der Waals surface area contributed by atoms with E-state index in [2.05, 4.69) is 10.3 Å². The van der Waals surface area contributed by atoms with E-state index in [1.165, 1.54) is 0 Å². The summed E-state index contributed by atoms with van der Waals surface area (Å²) in [6.07, 6.45) is -0.545. The Morgan fingerprint density at radius 2 is 2.00 bits per heavy atom. The third-order valence-electron chi connectivity index (χ3n) is 3.06. The van der Waals surface area contributed by atoms with Crippen molar-refractivity contribution in [3.63, 3.8) is 0 Å². The first-order chi connectivity index (χ1) is 10.0. The van der Waals surface area contributed by atoms with Crippen LogP contribution in [-0.2, 0) is 11.3 Å². The van der Waals surface area contributed by atoms with Gasteiger partial charge >= 0.3 is 0 Å². The summed E-state index contributed by atoms with van der Waals surface area (Å²) in [6.45, 7) is 6.05. The van der Waals surface area contributed by atoms with E-state index >= 15 is 0 Å². The van der Waals surface area contributed by atoms with Crippen molar-refractivity contribution in [3.8, 4) is 5.75 Å². The number of carbonyl (C=O) groups is 1. The van der Waals surface area contributed by atoms with Gasteiger partial charge < -0.3 is 10.1 Å². The van der Waals surface area contributed by atoms with Crippen LogP contribution in [0.15, 0.2) is 42.5 Å². The third-order valence-corrected chi connectivity index (χ3v) is 3.06. The highest BCUT2D eigenvalue weighted by atomic mass is 16.5. The predicted molar refractivity (Wildman–Crippen MR) is 82.1 cm³/mol. The van der Waals surface area contributed by atoms with Crippen LogP contribution in [0.5, 0.6) is 5.75 Å². The molecule has 0 saturated carbocycles. The van der Waals surface area contributed by atoms with Crippen molar-refractivity contribution in [2.75, 3.05) is 0 Å². The molecule has 0 spiro atoms. The molecule has 1 unspecified atom stereocenters. The maximum atomic E-state index is 12.0. The van der Waals surface area contributed by atoms with Gasteiger partial charge in [0, 0.05) is 5.69 Å². The molecule has 0 saturated heterocycles. The van der Waals surface area contributed by atoms with Crippen LogP contribution in [0.2, 0.25) is 0 Å². The Balaban J connectivity index is 1.88. The SMILES string of the molecule is Cc1cccc(OC(C)C(=O)NCc2cccc(C)n2)c1. The van der Waals surface area contributed by atoms with E-state index in [0.717, 1.165) is 17.0 Å². The third kappa shape index (κ3) is 4.60. The number of amides is 1. The molecule has 0 fully saturated rings. The number of aromatic nitrogens is 1. The van der Waals surface area contributed by atoms with E-state index in [1.807, 2.05) is 56.3 Å².